The summed E-state index contributed by atoms with van der Waals surface area (Å²) < 4.78 is 19.0. The maximum atomic E-state index is 11.3. The number of ether oxygens (including phenoxy) is 3. The van der Waals surface area contributed by atoms with Gasteiger partial charge in [0.2, 0.25) is 0 Å². The fourth-order valence-corrected chi connectivity index (χ4v) is 4.42. The average Bonchev–Trinajstić information content (AvgIpc) is 3.29. The molecule has 0 saturated heterocycles. The van der Waals surface area contributed by atoms with E-state index in [1.807, 2.05) is 60.1 Å². The van der Waals surface area contributed by atoms with Gasteiger partial charge in [0, 0.05) is 11.1 Å². The zero-order chi connectivity index (χ0) is 26.5. The van der Waals surface area contributed by atoms with Gasteiger partial charge in [0.1, 0.15) is 5.75 Å². The first-order valence-electron chi connectivity index (χ1n) is 12.1. The van der Waals surface area contributed by atoms with Crippen molar-refractivity contribution in [1.29, 1.82) is 0 Å². The van der Waals surface area contributed by atoms with Crippen molar-refractivity contribution in [2.24, 2.45) is 0 Å². The molecule has 7 nitrogen and oxygen atoms in total. The summed E-state index contributed by atoms with van der Waals surface area (Å²) in [5.74, 6) is 0.957. The summed E-state index contributed by atoms with van der Waals surface area (Å²) >= 11 is 0. The lowest BCUT2D eigenvalue weighted by atomic mass is 9.95. The van der Waals surface area contributed by atoms with Crippen molar-refractivity contribution < 1.29 is 24.1 Å². The van der Waals surface area contributed by atoms with Gasteiger partial charge in [-0.25, -0.2) is 4.79 Å². The van der Waals surface area contributed by atoms with E-state index in [1.165, 1.54) is 0 Å². The SMILES string of the molecule is COc1cccc(-c2cc(-c3c(C)cc(C(C)C)cc3OCC(=O)O)nn2Cc2ccccc2)c1OC. The molecule has 192 valence electrons. The number of aryl methyl sites for hydroxylation is 1. The van der Waals surface area contributed by atoms with Crippen molar-refractivity contribution in [2.45, 2.75) is 33.2 Å². The first-order chi connectivity index (χ1) is 17.8. The summed E-state index contributed by atoms with van der Waals surface area (Å²) in [7, 11) is 3.23. The van der Waals surface area contributed by atoms with Crippen LogP contribution in [-0.4, -0.2) is 41.7 Å². The molecular weight excluding hydrogens is 468 g/mol. The number of carboxylic acid groups (broad SMARTS) is 1. The topological polar surface area (TPSA) is 82.8 Å². The molecule has 37 heavy (non-hydrogen) atoms. The van der Waals surface area contributed by atoms with Crippen LogP contribution in [0.3, 0.4) is 0 Å². The average molecular weight is 501 g/mol. The van der Waals surface area contributed by atoms with Crippen LogP contribution < -0.4 is 14.2 Å². The van der Waals surface area contributed by atoms with E-state index in [1.54, 1.807) is 14.2 Å². The fraction of sp³-hybridized carbons (Fsp3) is 0.267. The number of carbonyl (C=O) groups is 1. The lowest BCUT2D eigenvalue weighted by Gasteiger charge is -2.15. The van der Waals surface area contributed by atoms with Crippen LogP contribution in [-0.2, 0) is 11.3 Å². The molecular formula is C30H32N2O5. The van der Waals surface area contributed by atoms with E-state index in [4.69, 9.17) is 19.3 Å². The highest BCUT2D eigenvalue weighted by Crippen LogP contribution is 2.42. The molecule has 0 saturated carbocycles. The summed E-state index contributed by atoms with van der Waals surface area (Å²) in [6.07, 6.45) is 0. The zero-order valence-corrected chi connectivity index (χ0v) is 21.8. The number of aromatic nitrogens is 2. The normalized spacial score (nSPS) is 11.0. The molecule has 0 unspecified atom stereocenters. The molecule has 1 aromatic heterocycles. The second-order valence-corrected chi connectivity index (χ2v) is 9.15. The van der Waals surface area contributed by atoms with E-state index in [0.717, 1.165) is 33.5 Å². The molecule has 0 spiro atoms. The number of methoxy groups -OCH3 is 2. The third-order valence-corrected chi connectivity index (χ3v) is 6.23. The van der Waals surface area contributed by atoms with Gasteiger partial charge in [-0.1, -0.05) is 56.3 Å². The quantitative estimate of drug-likeness (QED) is 0.280. The Morgan fingerprint density at radius 1 is 0.973 bits per heavy atom. The molecule has 3 aromatic carbocycles. The third kappa shape index (κ3) is 5.61. The Labute approximate surface area is 217 Å². The van der Waals surface area contributed by atoms with Gasteiger partial charge in [-0.2, -0.15) is 5.10 Å². The van der Waals surface area contributed by atoms with Crippen LogP contribution in [0.4, 0.5) is 0 Å². The Bertz CT molecular complexity index is 1390. The first kappa shape index (κ1) is 25.8. The molecule has 0 radical (unpaired) electrons. The Morgan fingerprint density at radius 2 is 1.73 bits per heavy atom. The minimum atomic E-state index is -1.03. The Hall–Kier alpha value is -4.26. The van der Waals surface area contributed by atoms with E-state index < -0.39 is 12.6 Å². The molecule has 0 atom stereocenters. The van der Waals surface area contributed by atoms with E-state index in [-0.39, 0.29) is 5.92 Å². The van der Waals surface area contributed by atoms with E-state index in [9.17, 15) is 9.90 Å². The number of hydrogen-bond acceptors (Lipinski definition) is 5. The van der Waals surface area contributed by atoms with Gasteiger partial charge in [0.05, 0.1) is 32.2 Å². The number of rotatable bonds is 10. The smallest absolute Gasteiger partial charge is 0.341 e. The van der Waals surface area contributed by atoms with E-state index in [2.05, 4.69) is 32.0 Å². The van der Waals surface area contributed by atoms with Gasteiger partial charge in [0.25, 0.3) is 0 Å². The van der Waals surface area contributed by atoms with E-state index in [0.29, 0.717) is 29.5 Å². The van der Waals surface area contributed by atoms with Crippen molar-refractivity contribution in [1.82, 2.24) is 9.78 Å². The number of aliphatic carboxylic acids is 1. The van der Waals surface area contributed by atoms with Crippen LogP contribution in [0.2, 0.25) is 0 Å². The van der Waals surface area contributed by atoms with Gasteiger partial charge in [-0.05, 0) is 53.8 Å². The molecule has 1 heterocycles. The van der Waals surface area contributed by atoms with Crippen LogP contribution in [0.5, 0.6) is 17.2 Å². The van der Waals surface area contributed by atoms with Crippen LogP contribution in [0.15, 0.2) is 66.7 Å². The number of hydrogen-bond donors (Lipinski definition) is 1. The van der Waals surface area contributed by atoms with Gasteiger partial charge in [0.15, 0.2) is 18.1 Å². The number of para-hydroxylation sites is 1. The predicted molar refractivity (Wildman–Crippen MR) is 144 cm³/mol. The molecule has 0 aliphatic heterocycles. The largest absolute Gasteiger partial charge is 0.493 e. The Balaban J connectivity index is 1.93. The minimum Gasteiger partial charge on any atom is -0.493 e. The maximum absolute atomic E-state index is 11.3. The molecule has 0 fully saturated rings. The number of carboxylic acids is 1. The predicted octanol–water partition coefficient (Wildman–Crippen LogP) is 6.18. The molecule has 7 heteroatoms. The van der Waals surface area contributed by atoms with Crippen molar-refractivity contribution in [3.05, 3.63) is 83.4 Å². The van der Waals surface area contributed by atoms with Gasteiger partial charge in [-0.15, -0.1) is 0 Å². The highest BCUT2D eigenvalue weighted by atomic mass is 16.5. The van der Waals surface area contributed by atoms with Crippen molar-refractivity contribution in [3.63, 3.8) is 0 Å². The fourth-order valence-electron chi connectivity index (χ4n) is 4.42. The van der Waals surface area contributed by atoms with Crippen LogP contribution in [0.1, 0.15) is 36.5 Å². The van der Waals surface area contributed by atoms with E-state index >= 15 is 0 Å². The number of benzene rings is 3. The highest BCUT2D eigenvalue weighted by Gasteiger charge is 2.22. The Kier molecular flexibility index (Phi) is 7.82. The summed E-state index contributed by atoms with van der Waals surface area (Å²) in [5.41, 5.74) is 6.24. The third-order valence-electron chi connectivity index (χ3n) is 6.23. The van der Waals surface area contributed by atoms with Crippen LogP contribution >= 0.6 is 0 Å². The molecule has 0 bridgehead atoms. The summed E-state index contributed by atoms with van der Waals surface area (Å²) in [6, 6.07) is 21.8. The second kappa shape index (κ2) is 11.2. The molecule has 1 N–H and O–H groups in total. The minimum absolute atomic E-state index is 0.257. The first-order valence-corrected chi connectivity index (χ1v) is 12.1. The van der Waals surface area contributed by atoms with Crippen molar-refractivity contribution >= 4 is 5.97 Å². The maximum Gasteiger partial charge on any atom is 0.341 e. The van der Waals surface area contributed by atoms with Gasteiger partial charge < -0.3 is 19.3 Å². The van der Waals surface area contributed by atoms with Crippen LogP contribution in [0, 0.1) is 6.92 Å². The van der Waals surface area contributed by atoms with Crippen LogP contribution in [0.25, 0.3) is 22.5 Å². The van der Waals surface area contributed by atoms with Gasteiger partial charge >= 0.3 is 5.97 Å². The molecule has 0 amide bonds. The molecule has 4 rings (SSSR count). The van der Waals surface area contributed by atoms with Crippen molar-refractivity contribution in [2.75, 3.05) is 20.8 Å². The zero-order valence-electron chi connectivity index (χ0n) is 21.8. The monoisotopic (exact) mass is 500 g/mol. The summed E-state index contributed by atoms with van der Waals surface area (Å²) in [6.45, 7) is 6.28. The summed E-state index contributed by atoms with van der Waals surface area (Å²) in [5, 5.41) is 14.3. The lowest BCUT2D eigenvalue weighted by Crippen LogP contribution is -2.11. The molecule has 0 aliphatic carbocycles. The highest BCUT2D eigenvalue weighted by molar-refractivity contribution is 5.79. The molecule has 0 aliphatic rings. The standard InChI is InChI=1S/C30H32N2O5/c1-19(2)22-14-20(3)29(27(15-22)37-18-28(33)34)24-16-25(23-12-9-13-26(35-4)30(23)36-5)32(31-24)17-21-10-7-6-8-11-21/h6-16,19H,17-18H2,1-5H3,(H,33,34). The second-order valence-electron chi connectivity index (χ2n) is 9.15. The molecule has 4 aromatic rings. The number of nitrogens with zero attached hydrogens (tertiary/aromatic N) is 2. The van der Waals surface area contributed by atoms with Gasteiger partial charge in [-0.3, -0.25) is 4.68 Å². The lowest BCUT2D eigenvalue weighted by molar-refractivity contribution is -0.139. The van der Waals surface area contributed by atoms with Crippen molar-refractivity contribution in [3.8, 4) is 39.8 Å². The summed E-state index contributed by atoms with van der Waals surface area (Å²) in [4.78, 5) is 11.3. The Morgan fingerprint density at radius 3 is 2.38 bits per heavy atom.